The maximum atomic E-state index is 11.9. The van der Waals surface area contributed by atoms with Crippen LogP contribution in [0.25, 0.3) is 0 Å². The Balaban J connectivity index is 0.00000400. The highest BCUT2D eigenvalue weighted by molar-refractivity contribution is 7.89. The fraction of sp³-hybridized carbons (Fsp3) is 0.462. The third-order valence-electron chi connectivity index (χ3n) is 2.70. The summed E-state index contributed by atoms with van der Waals surface area (Å²) in [7, 11) is -0.444. The van der Waals surface area contributed by atoms with Crippen LogP contribution >= 0.6 is 12.4 Å². The molecule has 1 aromatic carbocycles. The van der Waals surface area contributed by atoms with E-state index in [9.17, 15) is 13.2 Å². The van der Waals surface area contributed by atoms with E-state index in [1.165, 1.54) is 26.2 Å². The van der Waals surface area contributed by atoms with Gasteiger partial charge in [0.05, 0.1) is 4.90 Å². The molecule has 0 radical (unpaired) electrons. The average molecular weight is 336 g/mol. The molecule has 21 heavy (non-hydrogen) atoms. The molecule has 0 spiro atoms. The maximum Gasteiger partial charge on any atom is 0.242 e. The largest absolute Gasteiger partial charge is 0.352 e. The lowest BCUT2D eigenvalue weighted by molar-refractivity contribution is -0.121. The van der Waals surface area contributed by atoms with Gasteiger partial charge in [0.1, 0.15) is 0 Å². The summed E-state index contributed by atoms with van der Waals surface area (Å²) in [6.45, 7) is 2.12. The summed E-state index contributed by atoms with van der Waals surface area (Å²) in [4.78, 5) is 11.7. The smallest absolute Gasteiger partial charge is 0.242 e. The zero-order chi connectivity index (χ0) is 15.3. The van der Waals surface area contributed by atoms with Crippen molar-refractivity contribution < 1.29 is 13.2 Å². The lowest BCUT2D eigenvalue weighted by Gasteiger charge is -2.12. The van der Waals surface area contributed by atoms with Gasteiger partial charge in [0.2, 0.25) is 15.9 Å². The normalized spacial score (nSPS) is 12.6. The van der Waals surface area contributed by atoms with Gasteiger partial charge in [0.15, 0.2) is 0 Å². The van der Waals surface area contributed by atoms with Crippen LogP contribution in [0.1, 0.15) is 18.9 Å². The van der Waals surface area contributed by atoms with Crippen LogP contribution in [0.2, 0.25) is 0 Å². The minimum absolute atomic E-state index is 0. The van der Waals surface area contributed by atoms with Gasteiger partial charge in [-0.25, -0.2) is 12.7 Å². The highest BCUT2D eigenvalue weighted by Crippen LogP contribution is 2.13. The highest BCUT2D eigenvalue weighted by atomic mass is 35.5. The molecular formula is C13H22ClN3O3S. The molecule has 1 atom stereocenters. The SMILES string of the molecule is CC(N)CC(=O)NCc1ccc(S(=O)(=O)N(C)C)cc1.Cl. The third kappa shape index (κ3) is 6.01. The Labute approximate surface area is 132 Å². The monoisotopic (exact) mass is 335 g/mol. The summed E-state index contributed by atoms with van der Waals surface area (Å²) >= 11 is 0. The lowest BCUT2D eigenvalue weighted by atomic mass is 10.2. The van der Waals surface area contributed by atoms with Crippen LogP contribution < -0.4 is 11.1 Å². The highest BCUT2D eigenvalue weighted by Gasteiger charge is 2.16. The van der Waals surface area contributed by atoms with Gasteiger partial charge in [-0.2, -0.15) is 0 Å². The van der Waals surface area contributed by atoms with Crippen molar-refractivity contribution in [3.05, 3.63) is 29.8 Å². The summed E-state index contributed by atoms with van der Waals surface area (Å²) in [6.07, 6.45) is 0.271. The van der Waals surface area contributed by atoms with Crippen LogP contribution in [0.3, 0.4) is 0 Å². The number of hydrogen-bond donors (Lipinski definition) is 2. The Hall–Kier alpha value is -1.15. The number of nitrogens with two attached hydrogens (primary N) is 1. The molecule has 0 fully saturated rings. The summed E-state index contributed by atoms with van der Waals surface area (Å²) in [5.41, 5.74) is 6.36. The van der Waals surface area contributed by atoms with Crippen LogP contribution in [-0.4, -0.2) is 38.8 Å². The number of rotatable bonds is 6. The van der Waals surface area contributed by atoms with E-state index in [1.54, 1.807) is 19.1 Å². The predicted octanol–water partition coefficient (Wildman–Crippen LogP) is 0.712. The Kier molecular flexibility index (Phi) is 7.87. The van der Waals surface area contributed by atoms with E-state index in [0.717, 1.165) is 9.87 Å². The van der Waals surface area contributed by atoms with E-state index in [0.29, 0.717) is 6.54 Å². The summed E-state index contributed by atoms with van der Waals surface area (Å²) in [6, 6.07) is 6.25. The van der Waals surface area contributed by atoms with Crippen LogP contribution in [0.4, 0.5) is 0 Å². The second kappa shape index (κ2) is 8.33. The van der Waals surface area contributed by atoms with Gasteiger partial charge in [-0.1, -0.05) is 12.1 Å². The number of amides is 1. The van der Waals surface area contributed by atoms with Gasteiger partial charge in [-0.05, 0) is 24.6 Å². The van der Waals surface area contributed by atoms with Crippen LogP contribution in [0, 0.1) is 0 Å². The lowest BCUT2D eigenvalue weighted by Crippen LogP contribution is -2.29. The van der Waals surface area contributed by atoms with Gasteiger partial charge in [0, 0.05) is 33.1 Å². The Bertz CT molecular complexity index is 557. The van der Waals surface area contributed by atoms with Gasteiger partial charge in [-0.15, -0.1) is 12.4 Å². The van der Waals surface area contributed by atoms with Crippen molar-refractivity contribution in [1.82, 2.24) is 9.62 Å². The van der Waals surface area contributed by atoms with E-state index >= 15 is 0 Å². The summed E-state index contributed by atoms with van der Waals surface area (Å²) in [5.74, 6) is -0.120. The molecule has 0 saturated carbocycles. The number of halogens is 1. The summed E-state index contributed by atoms with van der Waals surface area (Å²) < 4.78 is 24.9. The van der Waals surface area contributed by atoms with Gasteiger partial charge in [-0.3, -0.25) is 4.79 Å². The second-order valence-electron chi connectivity index (χ2n) is 4.89. The molecule has 1 rings (SSSR count). The molecule has 3 N–H and O–H groups in total. The first kappa shape index (κ1) is 19.9. The molecular weight excluding hydrogens is 314 g/mol. The number of hydrogen-bond acceptors (Lipinski definition) is 4. The zero-order valence-corrected chi connectivity index (χ0v) is 14.0. The molecule has 1 amide bonds. The molecule has 1 unspecified atom stereocenters. The molecule has 0 heterocycles. The van der Waals surface area contributed by atoms with Crippen molar-refractivity contribution in [2.45, 2.75) is 30.8 Å². The standard InChI is InChI=1S/C13H21N3O3S.ClH/c1-10(14)8-13(17)15-9-11-4-6-12(7-5-11)20(18,19)16(2)3;/h4-7,10H,8-9,14H2,1-3H3,(H,15,17);1H. The molecule has 0 aliphatic rings. The number of carbonyl (C=O) groups is 1. The van der Waals surface area contributed by atoms with Gasteiger partial charge < -0.3 is 11.1 Å². The van der Waals surface area contributed by atoms with E-state index < -0.39 is 10.0 Å². The fourth-order valence-corrected chi connectivity index (χ4v) is 2.46. The molecule has 0 bridgehead atoms. The molecule has 8 heteroatoms. The maximum absolute atomic E-state index is 11.9. The first-order valence-electron chi connectivity index (χ1n) is 6.27. The Morgan fingerprint density at radius 2 is 1.81 bits per heavy atom. The second-order valence-corrected chi connectivity index (χ2v) is 7.04. The number of nitrogens with zero attached hydrogens (tertiary/aromatic N) is 1. The van der Waals surface area contributed by atoms with Crippen molar-refractivity contribution in [2.24, 2.45) is 5.73 Å². The Morgan fingerprint density at radius 1 is 1.29 bits per heavy atom. The molecule has 0 saturated heterocycles. The predicted molar refractivity (Wildman–Crippen MR) is 84.7 cm³/mol. The minimum Gasteiger partial charge on any atom is -0.352 e. The van der Waals surface area contributed by atoms with Gasteiger partial charge in [0.25, 0.3) is 0 Å². The summed E-state index contributed by atoms with van der Waals surface area (Å²) in [5, 5.41) is 2.73. The molecule has 120 valence electrons. The van der Waals surface area contributed by atoms with Gasteiger partial charge >= 0.3 is 0 Å². The van der Waals surface area contributed by atoms with E-state index in [4.69, 9.17) is 5.73 Å². The van der Waals surface area contributed by atoms with Crippen molar-refractivity contribution in [3.63, 3.8) is 0 Å². The van der Waals surface area contributed by atoms with Crippen molar-refractivity contribution in [2.75, 3.05) is 14.1 Å². The number of nitrogens with one attached hydrogen (secondary N) is 1. The van der Waals surface area contributed by atoms with E-state index in [-0.39, 0.29) is 35.7 Å². The van der Waals surface area contributed by atoms with Crippen molar-refractivity contribution in [1.29, 1.82) is 0 Å². The van der Waals surface area contributed by atoms with Crippen molar-refractivity contribution in [3.8, 4) is 0 Å². The van der Waals surface area contributed by atoms with Crippen LogP contribution in [0.5, 0.6) is 0 Å². The zero-order valence-electron chi connectivity index (χ0n) is 12.4. The quantitative estimate of drug-likeness (QED) is 0.801. The van der Waals surface area contributed by atoms with Crippen molar-refractivity contribution >= 4 is 28.3 Å². The number of carbonyl (C=O) groups excluding carboxylic acids is 1. The molecule has 6 nitrogen and oxygen atoms in total. The topological polar surface area (TPSA) is 92.5 Å². The van der Waals surface area contributed by atoms with Crippen LogP contribution in [-0.2, 0) is 21.4 Å². The molecule has 1 aromatic rings. The number of sulfonamides is 1. The molecule has 0 aliphatic carbocycles. The first-order chi connectivity index (χ1) is 9.23. The number of benzene rings is 1. The van der Waals surface area contributed by atoms with E-state index in [2.05, 4.69) is 5.32 Å². The first-order valence-corrected chi connectivity index (χ1v) is 7.71. The third-order valence-corrected chi connectivity index (χ3v) is 4.53. The Morgan fingerprint density at radius 3 is 2.24 bits per heavy atom. The average Bonchev–Trinajstić information content (AvgIpc) is 2.36. The molecule has 0 aromatic heterocycles. The van der Waals surface area contributed by atoms with Crippen LogP contribution in [0.15, 0.2) is 29.2 Å². The van der Waals surface area contributed by atoms with E-state index in [1.807, 2.05) is 0 Å². The minimum atomic E-state index is -3.41. The molecule has 0 aliphatic heterocycles. The fourth-order valence-electron chi connectivity index (χ4n) is 1.56.